The summed E-state index contributed by atoms with van der Waals surface area (Å²) < 4.78 is 5.31. The number of hydrogen-bond donors (Lipinski definition) is 1. The molecule has 3 nitrogen and oxygen atoms in total. The Morgan fingerprint density at radius 1 is 1.17 bits per heavy atom. The van der Waals surface area contributed by atoms with E-state index in [0.717, 1.165) is 22.2 Å². The SMILES string of the molecule is NC(Cc1ccco1)c1cnc2ccccc2c1. The van der Waals surface area contributed by atoms with Crippen LogP contribution in [0.5, 0.6) is 0 Å². The van der Waals surface area contributed by atoms with Gasteiger partial charge in [-0.15, -0.1) is 0 Å². The molecule has 0 amide bonds. The average Bonchev–Trinajstić information content (AvgIpc) is 2.91. The molecule has 2 aromatic heterocycles. The lowest BCUT2D eigenvalue weighted by molar-refractivity contribution is 0.488. The van der Waals surface area contributed by atoms with Crippen molar-refractivity contribution in [2.75, 3.05) is 0 Å². The van der Waals surface area contributed by atoms with Crippen LogP contribution in [0.2, 0.25) is 0 Å². The molecular weight excluding hydrogens is 224 g/mol. The number of para-hydroxylation sites is 1. The van der Waals surface area contributed by atoms with Gasteiger partial charge >= 0.3 is 0 Å². The zero-order chi connectivity index (χ0) is 12.4. The molecule has 18 heavy (non-hydrogen) atoms. The summed E-state index contributed by atoms with van der Waals surface area (Å²) in [6, 6.07) is 13.9. The summed E-state index contributed by atoms with van der Waals surface area (Å²) >= 11 is 0. The Labute approximate surface area is 105 Å². The third-order valence-electron chi connectivity index (χ3n) is 3.04. The van der Waals surface area contributed by atoms with E-state index < -0.39 is 0 Å². The molecule has 0 bridgehead atoms. The molecule has 3 heteroatoms. The third kappa shape index (κ3) is 2.13. The van der Waals surface area contributed by atoms with Crippen molar-refractivity contribution in [1.82, 2.24) is 4.98 Å². The highest BCUT2D eigenvalue weighted by Crippen LogP contribution is 2.19. The monoisotopic (exact) mass is 238 g/mol. The maximum absolute atomic E-state index is 6.18. The molecule has 1 unspecified atom stereocenters. The highest BCUT2D eigenvalue weighted by Gasteiger charge is 2.10. The van der Waals surface area contributed by atoms with Gasteiger partial charge in [0, 0.05) is 24.0 Å². The first-order valence-corrected chi connectivity index (χ1v) is 5.95. The summed E-state index contributed by atoms with van der Waals surface area (Å²) in [5, 5.41) is 1.12. The van der Waals surface area contributed by atoms with Crippen LogP contribution in [-0.2, 0) is 6.42 Å². The van der Waals surface area contributed by atoms with Crippen LogP contribution >= 0.6 is 0 Å². The Balaban J connectivity index is 1.89. The topological polar surface area (TPSA) is 52.0 Å². The number of fused-ring (bicyclic) bond motifs is 1. The Kier molecular flexibility index (Phi) is 2.82. The number of nitrogens with zero attached hydrogens (tertiary/aromatic N) is 1. The Morgan fingerprint density at radius 3 is 2.89 bits per heavy atom. The standard InChI is InChI=1S/C15H14N2O/c16-14(9-13-5-3-7-18-13)12-8-11-4-1-2-6-15(11)17-10-12/h1-8,10,14H,9,16H2. The Morgan fingerprint density at radius 2 is 2.06 bits per heavy atom. The van der Waals surface area contributed by atoms with Crippen LogP contribution in [0.4, 0.5) is 0 Å². The minimum absolute atomic E-state index is 0.0896. The predicted octanol–water partition coefficient (Wildman–Crippen LogP) is 3.07. The van der Waals surface area contributed by atoms with Gasteiger partial charge in [-0.3, -0.25) is 4.98 Å². The molecule has 0 aliphatic heterocycles. The lowest BCUT2D eigenvalue weighted by Crippen LogP contribution is -2.13. The quantitative estimate of drug-likeness (QED) is 0.763. The maximum atomic E-state index is 6.18. The van der Waals surface area contributed by atoms with Crippen LogP contribution in [0.15, 0.2) is 59.3 Å². The molecule has 0 fully saturated rings. The molecule has 90 valence electrons. The van der Waals surface area contributed by atoms with Crippen LogP contribution in [0.3, 0.4) is 0 Å². The summed E-state index contributed by atoms with van der Waals surface area (Å²) in [7, 11) is 0. The fourth-order valence-corrected chi connectivity index (χ4v) is 2.05. The number of nitrogens with two attached hydrogens (primary N) is 1. The Bertz CT molecular complexity index is 646. The summed E-state index contributed by atoms with van der Waals surface area (Å²) in [6.45, 7) is 0. The lowest BCUT2D eigenvalue weighted by Gasteiger charge is -2.10. The van der Waals surface area contributed by atoms with E-state index in [1.54, 1.807) is 6.26 Å². The largest absolute Gasteiger partial charge is 0.469 e. The summed E-state index contributed by atoms with van der Waals surface area (Å²) in [5.41, 5.74) is 8.20. The van der Waals surface area contributed by atoms with E-state index in [9.17, 15) is 0 Å². The molecule has 0 spiro atoms. The molecule has 1 aromatic carbocycles. The van der Waals surface area contributed by atoms with Crippen molar-refractivity contribution in [3.05, 3.63) is 66.2 Å². The van der Waals surface area contributed by atoms with E-state index in [2.05, 4.69) is 11.1 Å². The van der Waals surface area contributed by atoms with Crippen molar-refractivity contribution in [2.45, 2.75) is 12.5 Å². The lowest BCUT2D eigenvalue weighted by atomic mass is 10.0. The highest BCUT2D eigenvalue weighted by atomic mass is 16.3. The number of furan rings is 1. The molecule has 0 aliphatic carbocycles. The van der Waals surface area contributed by atoms with Crippen LogP contribution < -0.4 is 5.73 Å². The van der Waals surface area contributed by atoms with Gasteiger partial charge in [-0.2, -0.15) is 0 Å². The molecular formula is C15H14N2O. The molecule has 0 saturated carbocycles. The van der Waals surface area contributed by atoms with Gasteiger partial charge in [-0.1, -0.05) is 18.2 Å². The van der Waals surface area contributed by atoms with Gasteiger partial charge in [0.2, 0.25) is 0 Å². The molecule has 3 aromatic rings. The molecule has 1 atom stereocenters. The van der Waals surface area contributed by atoms with Crippen molar-refractivity contribution in [2.24, 2.45) is 5.73 Å². The maximum Gasteiger partial charge on any atom is 0.105 e. The van der Waals surface area contributed by atoms with E-state index in [0.29, 0.717) is 6.42 Å². The fourth-order valence-electron chi connectivity index (χ4n) is 2.05. The average molecular weight is 238 g/mol. The number of aromatic nitrogens is 1. The second-order valence-electron chi connectivity index (χ2n) is 4.35. The normalized spacial score (nSPS) is 12.7. The Hall–Kier alpha value is -2.13. The second-order valence-corrected chi connectivity index (χ2v) is 4.35. The first-order chi connectivity index (χ1) is 8.83. The van der Waals surface area contributed by atoms with Gasteiger partial charge in [0.25, 0.3) is 0 Å². The number of benzene rings is 1. The summed E-state index contributed by atoms with van der Waals surface area (Å²) in [4.78, 5) is 4.42. The van der Waals surface area contributed by atoms with E-state index in [4.69, 9.17) is 10.2 Å². The highest BCUT2D eigenvalue weighted by molar-refractivity contribution is 5.78. The van der Waals surface area contributed by atoms with E-state index in [1.807, 2.05) is 42.6 Å². The van der Waals surface area contributed by atoms with Gasteiger partial charge < -0.3 is 10.2 Å². The van der Waals surface area contributed by atoms with Crippen LogP contribution in [0, 0.1) is 0 Å². The van der Waals surface area contributed by atoms with Gasteiger partial charge in [-0.25, -0.2) is 0 Å². The zero-order valence-electron chi connectivity index (χ0n) is 9.91. The van der Waals surface area contributed by atoms with Crippen molar-refractivity contribution < 1.29 is 4.42 Å². The van der Waals surface area contributed by atoms with Crippen molar-refractivity contribution >= 4 is 10.9 Å². The molecule has 2 heterocycles. The van der Waals surface area contributed by atoms with E-state index >= 15 is 0 Å². The molecule has 0 aliphatic rings. The van der Waals surface area contributed by atoms with Crippen molar-refractivity contribution in [3.8, 4) is 0 Å². The third-order valence-corrected chi connectivity index (χ3v) is 3.04. The fraction of sp³-hybridized carbons (Fsp3) is 0.133. The first kappa shape index (κ1) is 11.0. The van der Waals surface area contributed by atoms with Crippen LogP contribution in [0.25, 0.3) is 10.9 Å². The van der Waals surface area contributed by atoms with Crippen molar-refractivity contribution in [3.63, 3.8) is 0 Å². The van der Waals surface area contributed by atoms with Gasteiger partial charge in [0.15, 0.2) is 0 Å². The van der Waals surface area contributed by atoms with E-state index in [-0.39, 0.29) is 6.04 Å². The number of pyridine rings is 1. The summed E-state index contributed by atoms with van der Waals surface area (Å²) in [5.74, 6) is 0.899. The minimum atomic E-state index is -0.0896. The second kappa shape index (κ2) is 4.63. The number of rotatable bonds is 3. The van der Waals surface area contributed by atoms with Crippen LogP contribution in [0.1, 0.15) is 17.4 Å². The molecule has 0 saturated heterocycles. The van der Waals surface area contributed by atoms with Gasteiger partial charge in [0.1, 0.15) is 5.76 Å². The van der Waals surface area contributed by atoms with Gasteiger partial charge in [-0.05, 0) is 29.8 Å². The van der Waals surface area contributed by atoms with Crippen LogP contribution in [-0.4, -0.2) is 4.98 Å². The first-order valence-electron chi connectivity index (χ1n) is 5.95. The smallest absolute Gasteiger partial charge is 0.105 e. The minimum Gasteiger partial charge on any atom is -0.469 e. The molecule has 2 N–H and O–H groups in total. The molecule has 0 radical (unpaired) electrons. The summed E-state index contributed by atoms with van der Waals surface area (Å²) in [6.07, 6.45) is 4.20. The van der Waals surface area contributed by atoms with Gasteiger partial charge in [0.05, 0.1) is 11.8 Å². The predicted molar refractivity (Wildman–Crippen MR) is 71.1 cm³/mol. The number of hydrogen-bond acceptors (Lipinski definition) is 3. The molecule has 3 rings (SSSR count). The van der Waals surface area contributed by atoms with E-state index in [1.165, 1.54) is 0 Å². The van der Waals surface area contributed by atoms with Crippen molar-refractivity contribution in [1.29, 1.82) is 0 Å². The zero-order valence-corrected chi connectivity index (χ0v) is 9.91.